The summed E-state index contributed by atoms with van der Waals surface area (Å²) in [5, 5.41) is 12.1. The Kier molecular flexibility index (Phi) is 3.58. The molecule has 7 nitrogen and oxygen atoms in total. The van der Waals surface area contributed by atoms with Gasteiger partial charge in [0.15, 0.2) is 0 Å². The molecule has 0 saturated carbocycles. The van der Waals surface area contributed by atoms with Crippen LogP contribution in [0.4, 0.5) is 10.7 Å². The molecule has 2 heterocycles. The highest BCUT2D eigenvalue weighted by Gasteiger charge is 2.23. The molecule has 1 saturated heterocycles. The lowest BCUT2D eigenvalue weighted by Gasteiger charge is -2.31. The zero-order chi connectivity index (χ0) is 12.3. The van der Waals surface area contributed by atoms with Crippen LogP contribution in [-0.4, -0.2) is 50.2 Å². The number of piperidine rings is 1. The Balaban J connectivity index is 1.97. The summed E-state index contributed by atoms with van der Waals surface area (Å²) in [6.45, 7) is 1.00. The van der Waals surface area contributed by atoms with Gasteiger partial charge >= 0.3 is 6.09 Å². The number of amides is 1. The third-order valence-electron chi connectivity index (χ3n) is 2.57. The van der Waals surface area contributed by atoms with E-state index in [0.717, 1.165) is 12.8 Å². The summed E-state index contributed by atoms with van der Waals surface area (Å²) in [5.74, 6) is 0.377. The lowest BCUT2D eigenvalue weighted by atomic mass is 10.1. The van der Waals surface area contributed by atoms with Gasteiger partial charge in [0.05, 0.1) is 0 Å². The molecular formula is C9H12ClN5O2. The van der Waals surface area contributed by atoms with E-state index in [-0.39, 0.29) is 11.3 Å². The van der Waals surface area contributed by atoms with Gasteiger partial charge in [-0.15, -0.1) is 0 Å². The lowest BCUT2D eigenvalue weighted by molar-refractivity contribution is 0.132. The first-order valence-corrected chi connectivity index (χ1v) is 5.62. The number of anilines is 1. The Bertz CT molecular complexity index is 416. The molecule has 1 aromatic heterocycles. The smallest absolute Gasteiger partial charge is 0.407 e. The first-order valence-electron chi connectivity index (χ1n) is 5.24. The summed E-state index contributed by atoms with van der Waals surface area (Å²) >= 11 is 5.63. The van der Waals surface area contributed by atoms with Crippen LogP contribution in [0.3, 0.4) is 0 Å². The predicted octanol–water partition coefficient (Wildman–Crippen LogP) is 1.08. The van der Waals surface area contributed by atoms with Crippen molar-refractivity contribution >= 4 is 23.6 Å². The molecule has 0 bridgehead atoms. The van der Waals surface area contributed by atoms with Crippen LogP contribution in [-0.2, 0) is 0 Å². The zero-order valence-electron chi connectivity index (χ0n) is 9.01. The highest BCUT2D eigenvalue weighted by atomic mass is 35.5. The van der Waals surface area contributed by atoms with Crippen molar-refractivity contribution in [3.8, 4) is 0 Å². The summed E-state index contributed by atoms with van der Waals surface area (Å²) in [4.78, 5) is 23.7. The number of aromatic nitrogens is 3. The van der Waals surface area contributed by atoms with Crippen molar-refractivity contribution in [3.63, 3.8) is 0 Å². The minimum absolute atomic E-state index is 0.0123. The molecule has 2 N–H and O–H groups in total. The van der Waals surface area contributed by atoms with Gasteiger partial charge in [0.2, 0.25) is 11.2 Å². The van der Waals surface area contributed by atoms with Crippen LogP contribution in [0.5, 0.6) is 0 Å². The molecular weight excluding hydrogens is 246 g/mol. The summed E-state index contributed by atoms with van der Waals surface area (Å²) < 4.78 is 0. The third kappa shape index (κ3) is 3.16. The minimum Gasteiger partial charge on any atom is -0.465 e. The topological polar surface area (TPSA) is 91.2 Å². The predicted molar refractivity (Wildman–Crippen MR) is 61.1 cm³/mol. The van der Waals surface area contributed by atoms with Crippen LogP contribution >= 0.6 is 11.6 Å². The molecule has 1 fully saturated rings. The van der Waals surface area contributed by atoms with Crippen molar-refractivity contribution in [2.75, 3.05) is 18.4 Å². The second kappa shape index (κ2) is 5.13. The summed E-state index contributed by atoms with van der Waals surface area (Å²) in [6, 6.07) is 0.0123. The van der Waals surface area contributed by atoms with E-state index >= 15 is 0 Å². The van der Waals surface area contributed by atoms with E-state index in [9.17, 15) is 4.79 Å². The average molecular weight is 258 g/mol. The third-order valence-corrected chi connectivity index (χ3v) is 2.75. The Morgan fingerprint density at radius 2 is 2.41 bits per heavy atom. The molecule has 1 aliphatic rings. The minimum atomic E-state index is -0.898. The molecule has 1 amide bonds. The summed E-state index contributed by atoms with van der Waals surface area (Å²) in [5.41, 5.74) is 0. The number of hydrogen-bond acceptors (Lipinski definition) is 5. The van der Waals surface area contributed by atoms with Crippen LogP contribution in [0.2, 0.25) is 5.28 Å². The van der Waals surface area contributed by atoms with Crippen LogP contribution in [0, 0.1) is 0 Å². The summed E-state index contributed by atoms with van der Waals surface area (Å²) in [7, 11) is 0. The molecule has 1 atom stereocenters. The Hall–Kier alpha value is -1.63. The molecule has 0 aromatic carbocycles. The number of nitrogens with zero attached hydrogens (tertiary/aromatic N) is 4. The van der Waals surface area contributed by atoms with Crippen molar-refractivity contribution in [2.24, 2.45) is 0 Å². The Labute approximate surface area is 103 Å². The average Bonchev–Trinajstić information content (AvgIpc) is 2.29. The van der Waals surface area contributed by atoms with Crippen LogP contribution < -0.4 is 5.32 Å². The van der Waals surface area contributed by atoms with Gasteiger partial charge in [-0.2, -0.15) is 4.98 Å². The van der Waals surface area contributed by atoms with E-state index in [1.807, 2.05) is 0 Å². The fourth-order valence-corrected chi connectivity index (χ4v) is 1.92. The molecule has 0 spiro atoms. The Morgan fingerprint density at radius 3 is 3.12 bits per heavy atom. The highest BCUT2D eigenvalue weighted by Crippen LogP contribution is 2.14. The largest absolute Gasteiger partial charge is 0.465 e. The van der Waals surface area contributed by atoms with Crippen molar-refractivity contribution < 1.29 is 9.90 Å². The molecule has 8 heteroatoms. The van der Waals surface area contributed by atoms with Crippen LogP contribution in [0.15, 0.2) is 6.33 Å². The quantitative estimate of drug-likeness (QED) is 0.824. The number of nitrogens with one attached hydrogen (secondary N) is 1. The first-order chi connectivity index (χ1) is 8.15. The zero-order valence-corrected chi connectivity index (χ0v) is 9.76. The second-order valence-electron chi connectivity index (χ2n) is 3.79. The van der Waals surface area contributed by atoms with Crippen molar-refractivity contribution in [1.82, 2.24) is 19.9 Å². The maximum absolute atomic E-state index is 10.8. The fourth-order valence-electron chi connectivity index (χ4n) is 1.80. The normalized spacial score (nSPS) is 20.1. The second-order valence-corrected chi connectivity index (χ2v) is 4.13. The van der Waals surface area contributed by atoms with Gasteiger partial charge in [-0.05, 0) is 24.4 Å². The number of halogens is 1. The van der Waals surface area contributed by atoms with Gasteiger partial charge in [-0.3, -0.25) is 0 Å². The van der Waals surface area contributed by atoms with Gasteiger partial charge < -0.3 is 15.3 Å². The molecule has 0 radical (unpaired) electrons. The fraction of sp³-hybridized carbons (Fsp3) is 0.556. The van der Waals surface area contributed by atoms with E-state index in [0.29, 0.717) is 19.0 Å². The van der Waals surface area contributed by atoms with Crippen LogP contribution in [0.1, 0.15) is 12.8 Å². The van der Waals surface area contributed by atoms with E-state index in [2.05, 4.69) is 20.3 Å². The molecule has 92 valence electrons. The number of likely N-dealkylation sites (tertiary alicyclic amines) is 1. The molecule has 1 aliphatic heterocycles. The molecule has 1 aromatic rings. The number of carboxylic acid groups (broad SMARTS) is 1. The molecule has 0 aliphatic carbocycles. The van der Waals surface area contributed by atoms with Gasteiger partial charge in [0, 0.05) is 19.1 Å². The number of hydrogen-bond donors (Lipinski definition) is 2. The molecule has 1 unspecified atom stereocenters. The van der Waals surface area contributed by atoms with E-state index < -0.39 is 6.09 Å². The van der Waals surface area contributed by atoms with Crippen LogP contribution in [0.25, 0.3) is 0 Å². The van der Waals surface area contributed by atoms with Crippen molar-refractivity contribution in [1.29, 1.82) is 0 Å². The van der Waals surface area contributed by atoms with E-state index in [1.54, 1.807) is 0 Å². The van der Waals surface area contributed by atoms with Gasteiger partial charge in [-0.1, -0.05) is 0 Å². The maximum atomic E-state index is 10.8. The first kappa shape index (κ1) is 11.8. The maximum Gasteiger partial charge on any atom is 0.407 e. The van der Waals surface area contributed by atoms with Crippen molar-refractivity contribution in [2.45, 2.75) is 18.9 Å². The Morgan fingerprint density at radius 1 is 1.59 bits per heavy atom. The summed E-state index contributed by atoms with van der Waals surface area (Å²) in [6.07, 6.45) is 2.12. The lowest BCUT2D eigenvalue weighted by Crippen LogP contribution is -2.44. The molecule has 2 rings (SSSR count). The number of rotatable bonds is 2. The SMILES string of the molecule is O=C(O)N1CCCC(Nc2ncnc(Cl)n2)C1. The van der Waals surface area contributed by atoms with Crippen molar-refractivity contribution in [3.05, 3.63) is 11.6 Å². The van der Waals surface area contributed by atoms with Gasteiger partial charge in [0.1, 0.15) is 6.33 Å². The van der Waals surface area contributed by atoms with E-state index in [1.165, 1.54) is 11.2 Å². The standard InChI is InChI=1S/C9H12ClN5O2/c10-7-11-5-12-8(14-7)13-6-2-1-3-15(4-6)9(16)17/h5-6H,1-4H2,(H,16,17)(H,11,12,13,14). The van der Waals surface area contributed by atoms with E-state index in [4.69, 9.17) is 16.7 Å². The number of carbonyl (C=O) groups is 1. The monoisotopic (exact) mass is 257 g/mol. The molecule has 17 heavy (non-hydrogen) atoms. The van der Waals surface area contributed by atoms with Gasteiger partial charge in [-0.25, -0.2) is 14.8 Å². The van der Waals surface area contributed by atoms with Gasteiger partial charge in [0.25, 0.3) is 0 Å². The highest BCUT2D eigenvalue weighted by molar-refractivity contribution is 6.28.